The summed E-state index contributed by atoms with van der Waals surface area (Å²) in [5, 5.41) is 11.0. The van der Waals surface area contributed by atoms with Crippen LogP contribution in [0.1, 0.15) is 318 Å². The van der Waals surface area contributed by atoms with Gasteiger partial charge in [-0.15, -0.1) is 23.5 Å². The Morgan fingerprint density at radius 1 is 0.513 bits per heavy atom. The predicted octanol–water partition coefficient (Wildman–Crippen LogP) is 22.3. The van der Waals surface area contributed by atoms with Crippen molar-refractivity contribution in [2.45, 2.75) is 346 Å². The van der Waals surface area contributed by atoms with Gasteiger partial charge >= 0.3 is 35.8 Å². The van der Waals surface area contributed by atoms with Gasteiger partial charge in [0.2, 0.25) is 5.54 Å². The van der Waals surface area contributed by atoms with Crippen LogP contribution in [0.2, 0.25) is 0 Å². The molecule has 8 unspecified atom stereocenters. The van der Waals surface area contributed by atoms with Gasteiger partial charge in [0.15, 0.2) is 12.6 Å². The number of ether oxygens (including phenoxy) is 10. The van der Waals surface area contributed by atoms with Gasteiger partial charge in [0, 0.05) is 44.2 Å². The third kappa shape index (κ3) is 28.7. The zero-order valence-electron chi connectivity index (χ0n) is 71.3. The van der Waals surface area contributed by atoms with Crippen LogP contribution in [-0.2, 0) is 66.7 Å². The Labute approximate surface area is 712 Å². The van der Waals surface area contributed by atoms with Crippen LogP contribution >= 0.6 is 59.7 Å². The summed E-state index contributed by atoms with van der Waals surface area (Å²) in [5.41, 5.74) is -1.41. The van der Waals surface area contributed by atoms with Gasteiger partial charge in [0.05, 0.1) is 44.3 Å². The van der Waals surface area contributed by atoms with Gasteiger partial charge in [-0.25, -0.2) is 6.57 Å². The zero-order valence-corrected chi connectivity index (χ0v) is 75.4. The van der Waals surface area contributed by atoms with Gasteiger partial charge in [-0.1, -0.05) is 152 Å². The lowest BCUT2D eigenvalue weighted by atomic mass is 9.49. The van der Waals surface area contributed by atoms with Crippen molar-refractivity contribution in [1.29, 1.82) is 5.26 Å². The minimum atomic E-state index is -1.13. The molecule has 2 aromatic rings. The number of carbonyl (C=O) groups is 6. The van der Waals surface area contributed by atoms with E-state index in [1.54, 1.807) is 49.9 Å². The Bertz CT molecular complexity index is 3510. The summed E-state index contributed by atoms with van der Waals surface area (Å²) in [6, 6.07) is 17.1. The highest BCUT2D eigenvalue weighted by molar-refractivity contribution is 8.47. The average Bonchev–Trinajstić information content (AvgIpc) is 0.729. The number of benzene rings is 2. The summed E-state index contributed by atoms with van der Waals surface area (Å²) >= 11 is 16.7. The molecule has 8 aliphatic carbocycles. The first-order valence-electron chi connectivity index (χ1n) is 43.6. The third-order valence-electron chi connectivity index (χ3n) is 26.0. The molecular weight excluding hydrogens is 1550 g/mol. The number of unbranched alkanes of at least 4 members (excludes halogenated alkanes) is 10. The predicted molar refractivity (Wildman–Crippen MR) is 465 cm³/mol. The average molecular weight is 1690 g/mol. The van der Waals surface area contributed by atoms with E-state index < -0.39 is 68.1 Å². The normalized spacial score (nSPS) is 25.4. The SMILES string of the molecule is [C-]#[N+]C(C)(CCC(=O)OCCOC(C)OCCOC(C)OCCOC(=O)CCC(C)(C#N)CC(CC(C)(SC(=S)SCCCCCCCCCCCC)C(=O)OC1(CC)C2CC3CC(C2)CC1C3)c1ccc(OC(C)=O)cc1)CC(CC(C)(SC(=S)CCCC)C(=O)OC1(CC)C2CC3CC(C2)CC1C3)c1ccc(OC(C)=O)cc1. The van der Waals surface area contributed by atoms with Crippen molar-refractivity contribution < 1.29 is 76.1 Å². The maximum Gasteiger partial charge on any atom is 0.322 e. The van der Waals surface area contributed by atoms with E-state index in [1.807, 2.05) is 52.0 Å². The molecule has 640 valence electrons. The minimum absolute atomic E-state index is 0.0255. The molecule has 0 N–H and O–H groups in total. The van der Waals surface area contributed by atoms with Crippen molar-refractivity contribution in [3.8, 4) is 17.6 Å². The molecule has 2 aromatic carbocycles. The van der Waals surface area contributed by atoms with Crippen LogP contribution < -0.4 is 9.47 Å². The topological polar surface area (TPSA) is 223 Å². The Morgan fingerprint density at radius 3 is 1.29 bits per heavy atom. The summed E-state index contributed by atoms with van der Waals surface area (Å²) in [6.45, 7) is 31.4. The molecule has 115 heavy (non-hydrogen) atoms. The van der Waals surface area contributed by atoms with Gasteiger partial charge in [-0.3, -0.25) is 28.8 Å². The molecule has 0 amide bonds. The van der Waals surface area contributed by atoms with Crippen LogP contribution in [0.3, 0.4) is 0 Å². The molecule has 8 saturated carbocycles. The van der Waals surface area contributed by atoms with Crippen molar-refractivity contribution >= 4 is 103 Å². The number of rotatable bonds is 53. The fourth-order valence-electron chi connectivity index (χ4n) is 20.2. The molecule has 0 heterocycles. The van der Waals surface area contributed by atoms with Crippen molar-refractivity contribution in [2.24, 2.45) is 52.8 Å². The zero-order chi connectivity index (χ0) is 83.4. The molecule has 8 aliphatic rings. The van der Waals surface area contributed by atoms with E-state index in [9.17, 15) is 24.4 Å². The second kappa shape index (κ2) is 46.4. The largest absolute Gasteiger partial charge is 0.463 e. The minimum Gasteiger partial charge on any atom is -0.463 e. The van der Waals surface area contributed by atoms with E-state index in [1.165, 1.54) is 102 Å². The number of hydrogen-bond acceptors (Lipinski definition) is 22. The highest BCUT2D eigenvalue weighted by Crippen LogP contribution is 2.63. The molecule has 0 radical (unpaired) electrons. The highest BCUT2D eigenvalue weighted by Gasteiger charge is 2.62. The lowest BCUT2D eigenvalue weighted by Crippen LogP contribution is -2.60. The maximum absolute atomic E-state index is 15.5. The van der Waals surface area contributed by atoms with Gasteiger partial charge < -0.3 is 52.2 Å². The molecule has 8 atom stereocenters. The maximum atomic E-state index is 15.5. The number of nitriles is 1. The van der Waals surface area contributed by atoms with Crippen LogP contribution in [0.4, 0.5) is 0 Å². The van der Waals surface area contributed by atoms with Crippen LogP contribution in [0.25, 0.3) is 4.85 Å². The van der Waals surface area contributed by atoms with Gasteiger partial charge in [0.1, 0.15) is 48.9 Å². The number of thioether (sulfide) groups is 3. The molecule has 8 bridgehead atoms. The van der Waals surface area contributed by atoms with E-state index in [0.717, 1.165) is 111 Å². The van der Waals surface area contributed by atoms with E-state index in [0.29, 0.717) is 94.5 Å². The number of carbonyl (C=O) groups excluding carboxylic acids is 6. The highest BCUT2D eigenvalue weighted by atomic mass is 32.2. The molecule has 0 aliphatic heterocycles. The van der Waals surface area contributed by atoms with E-state index in [-0.39, 0.29) is 89.1 Å². The van der Waals surface area contributed by atoms with Crippen molar-refractivity contribution in [3.63, 3.8) is 0 Å². The first-order chi connectivity index (χ1) is 54.9. The quantitative estimate of drug-likeness (QED) is 0.0114. The summed E-state index contributed by atoms with van der Waals surface area (Å²) in [4.78, 5) is 85.7. The van der Waals surface area contributed by atoms with Crippen molar-refractivity contribution in [1.82, 2.24) is 0 Å². The molecular formula is C92H136N2O16S5. The summed E-state index contributed by atoms with van der Waals surface area (Å²) in [7, 11) is 0. The first kappa shape index (κ1) is 95.8. The smallest absolute Gasteiger partial charge is 0.322 e. The fraction of sp³-hybridized carbons (Fsp3) is 0.761. The number of esters is 6. The van der Waals surface area contributed by atoms with Crippen LogP contribution in [0.15, 0.2) is 48.5 Å². The molecule has 10 rings (SSSR count). The van der Waals surface area contributed by atoms with Crippen LogP contribution in [-0.4, -0.2) is 128 Å². The first-order valence-corrected chi connectivity index (χ1v) is 47.1. The molecule has 0 saturated heterocycles. The molecule has 0 spiro atoms. The Balaban J connectivity index is 0.774. The van der Waals surface area contributed by atoms with Gasteiger partial charge in [-0.05, 0) is 257 Å². The van der Waals surface area contributed by atoms with E-state index in [2.05, 4.69) is 38.6 Å². The lowest BCUT2D eigenvalue weighted by molar-refractivity contribution is -0.213. The summed E-state index contributed by atoms with van der Waals surface area (Å²) in [5.74, 6) is 2.65. The van der Waals surface area contributed by atoms with Gasteiger partial charge in [0.25, 0.3) is 0 Å². The molecule has 0 aromatic heterocycles. The van der Waals surface area contributed by atoms with Crippen molar-refractivity contribution in [2.75, 3.05) is 45.4 Å². The van der Waals surface area contributed by atoms with Gasteiger partial charge in [-0.2, -0.15) is 5.26 Å². The Hall–Kier alpha value is -4.69. The lowest BCUT2D eigenvalue weighted by Gasteiger charge is -2.60. The summed E-state index contributed by atoms with van der Waals surface area (Å²) < 4.78 is 58.7. The second-order valence-electron chi connectivity index (χ2n) is 35.3. The number of thiocarbonyl (C=S) groups is 2. The second-order valence-corrected chi connectivity index (χ2v) is 41.5. The Kier molecular flexibility index (Phi) is 38.6. The molecule has 8 fully saturated rings. The number of nitrogens with zero attached hydrogens (tertiary/aromatic N) is 2. The van der Waals surface area contributed by atoms with E-state index >= 15 is 9.59 Å². The van der Waals surface area contributed by atoms with Crippen LogP contribution in [0, 0.1) is 70.7 Å². The summed E-state index contributed by atoms with van der Waals surface area (Å²) in [6.07, 6.45) is 28.1. The third-order valence-corrected chi connectivity index (χ3v) is 30.6. The number of hydrogen-bond donors (Lipinski definition) is 0. The van der Waals surface area contributed by atoms with E-state index in [4.69, 9.17) is 78.4 Å². The molecule has 18 nitrogen and oxygen atoms in total. The van der Waals surface area contributed by atoms with Crippen molar-refractivity contribution in [3.05, 3.63) is 71.1 Å². The standard InChI is InChI=1S/C92H136N2O16S5/c1-14-18-20-21-22-23-24-25-26-27-47-113-86(112)115-90(12,85(100)110-92(17-4)77-54-69-49-70(56-77)57-78(92)55-69)60-73(71-29-33-79(34-30-71)107-63(5)95)58-87(9,62-93)39-37-81(97)105-45-43-103-65(7)101-41-42-102-66(8)104-44-46-106-82(98)38-40-88(10,94-13)59-74(72-31-35-80(36-32-72)108-64(6)96)61-89(11,114-83(111)28-19-15-2)84(99)109-91(16-3)75-50-67-48-68(52-75)53-76(91)51-67/h29-36,65-70,73-78H,14-28,37-61H2,1-12H3. The monoisotopic (exact) mass is 1680 g/mol. The van der Waals surface area contributed by atoms with Crippen LogP contribution in [0.5, 0.6) is 11.5 Å². The molecule has 23 heteroatoms. The fourth-order valence-corrected chi connectivity index (χ4v) is 25.2. The Morgan fingerprint density at radius 2 is 0.896 bits per heavy atom.